The molecule has 0 saturated carbocycles. The average molecular weight is 293 g/mol. The smallest absolute Gasteiger partial charge is 0.335 e. The van der Waals surface area contributed by atoms with Gasteiger partial charge in [0.25, 0.3) is 0 Å². The number of anilines is 1. The number of halogens is 1. The highest BCUT2D eigenvalue weighted by molar-refractivity contribution is 6.33. The fraction of sp³-hybridized carbons (Fsp3) is 0.143. The second-order valence-electron chi connectivity index (χ2n) is 4.06. The monoisotopic (exact) mass is 292 g/mol. The largest absolute Gasteiger partial charge is 0.481 e. The zero-order valence-electron chi connectivity index (χ0n) is 10.8. The Morgan fingerprint density at radius 3 is 2.85 bits per heavy atom. The van der Waals surface area contributed by atoms with Crippen LogP contribution in [0.2, 0.25) is 5.02 Å². The minimum Gasteiger partial charge on any atom is -0.481 e. The van der Waals surface area contributed by atoms with Crippen molar-refractivity contribution in [3.63, 3.8) is 0 Å². The molecule has 0 bridgehead atoms. The summed E-state index contributed by atoms with van der Waals surface area (Å²) in [6.07, 6.45) is 1.66. The molecule has 0 spiro atoms. The van der Waals surface area contributed by atoms with Gasteiger partial charge in [-0.1, -0.05) is 11.6 Å². The zero-order chi connectivity index (χ0) is 14.5. The zero-order valence-corrected chi connectivity index (χ0v) is 11.5. The third kappa shape index (κ3) is 3.39. The minimum absolute atomic E-state index is 0.158. The van der Waals surface area contributed by atoms with E-state index in [1.807, 2.05) is 12.1 Å². The molecule has 1 aromatic heterocycles. The fourth-order valence-corrected chi connectivity index (χ4v) is 1.91. The van der Waals surface area contributed by atoms with Crippen molar-refractivity contribution in [2.24, 2.45) is 0 Å². The number of rotatable bonds is 5. The number of aromatic carboxylic acids is 1. The number of aromatic nitrogens is 1. The van der Waals surface area contributed by atoms with Gasteiger partial charge >= 0.3 is 5.97 Å². The normalized spacial score (nSPS) is 10.1. The lowest BCUT2D eigenvalue weighted by Gasteiger charge is -2.09. The van der Waals surface area contributed by atoms with Gasteiger partial charge in [0, 0.05) is 18.8 Å². The number of hydrogen-bond donors (Lipinski definition) is 2. The minimum atomic E-state index is -1.00. The van der Waals surface area contributed by atoms with Crippen molar-refractivity contribution >= 4 is 23.3 Å². The predicted octanol–water partition coefficient (Wildman–Crippen LogP) is 3.05. The molecule has 20 heavy (non-hydrogen) atoms. The van der Waals surface area contributed by atoms with Crippen LogP contribution in [-0.2, 0) is 6.54 Å². The maximum atomic E-state index is 10.8. The van der Waals surface area contributed by atoms with E-state index in [0.717, 1.165) is 5.56 Å². The van der Waals surface area contributed by atoms with Crippen molar-refractivity contribution in [3.05, 3.63) is 52.7 Å². The standard InChI is InChI=1S/C14H13ClN2O3/c1-20-13-6-9(4-5-16-13)8-17-12-3-2-10(14(18)19)7-11(12)15/h2-7,17H,8H2,1H3,(H,18,19). The van der Waals surface area contributed by atoms with Crippen molar-refractivity contribution < 1.29 is 14.6 Å². The van der Waals surface area contributed by atoms with E-state index in [0.29, 0.717) is 23.1 Å². The maximum Gasteiger partial charge on any atom is 0.335 e. The van der Waals surface area contributed by atoms with Crippen LogP contribution >= 0.6 is 11.6 Å². The molecular formula is C14H13ClN2O3. The summed E-state index contributed by atoms with van der Waals surface area (Å²) in [4.78, 5) is 14.8. The van der Waals surface area contributed by atoms with Crippen molar-refractivity contribution in [1.29, 1.82) is 0 Å². The molecule has 104 valence electrons. The Kier molecular flexibility index (Phi) is 4.42. The Hall–Kier alpha value is -2.27. The van der Waals surface area contributed by atoms with Gasteiger partial charge in [0.15, 0.2) is 0 Å². The fourth-order valence-electron chi connectivity index (χ4n) is 1.66. The SMILES string of the molecule is COc1cc(CNc2ccc(C(=O)O)cc2Cl)ccn1. The molecule has 2 N–H and O–H groups in total. The Balaban J connectivity index is 2.08. The quantitative estimate of drug-likeness (QED) is 0.886. The highest BCUT2D eigenvalue weighted by atomic mass is 35.5. The third-order valence-corrected chi connectivity index (χ3v) is 3.02. The molecule has 5 nitrogen and oxygen atoms in total. The van der Waals surface area contributed by atoms with Crippen LogP contribution in [0.15, 0.2) is 36.5 Å². The number of carboxylic acid groups (broad SMARTS) is 1. The van der Waals surface area contributed by atoms with E-state index in [1.54, 1.807) is 19.4 Å². The summed E-state index contributed by atoms with van der Waals surface area (Å²) in [5.41, 5.74) is 1.81. The molecule has 0 aliphatic heterocycles. The van der Waals surface area contributed by atoms with E-state index in [4.69, 9.17) is 21.4 Å². The molecule has 2 aromatic rings. The molecule has 0 unspecified atom stereocenters. The van der Waals surface area contributed by atoms with Crippen molar-refractivity contribution in [3.8, 4) is 5.88 Å². The summed E-state index contributed by atoms with van der Waals surface area (Å²) in [6, 6.07) is 8.23. The van der Waals surface area contributed by atoms with Gasteiger partial charge in [0.1, 0.15) is 0 Å². The first-order valence-electron chi connectivity index (χ1n) is 5.86. The predicted molar refractivity (Wildman–Crippen MR) is 76.5 cm³/mol. The Bertz CT molecular complexity index is 632. The summed E-state index contributed by atoms with van der Waals surface area (Å²) >= 11 is 6.04. The van der Waals surface area contributed by atoms with Crippen LogP contribution in [0, 0.1) is 0 Å². The Morgan fingerprint density at radius 2 is 2.20 bits per heavy atom. The molecule has 0 fully saturated rings. The van der Waals surface area contributed by atoms with E-state index >= 15 is 0 Å². The lowest BCUT2D eigenvalue weighted by molar-refractivity contribution is 0.0697. The van der Waals surface area contributed by atoms with E-state index in [9.17, 15) is 4.79 Å². The van der Waals surface area contributed by atoms with E-state index in [2.05, 4.69) is 10.3 Å². The lowest BCUT2D eigenvalue weighted by Crippen LogP contribution is -2.02. The summed E-state index contributed by atoms with van der Waals surface area (Å²) in [7, 11) is 1.56. The van der Waals surface area contributed by atoms with Crippen LogP contribution in [-0.4, -0.2) is 23.2 Å². The van der Waals surface area contributed by atoms with Gasteiger partial charge in [-0.05, 0) is 29.8 Å². The number of benzene rings is 1. The number of carboxylic acids is 1. The Labute approximate surface area is 121 Å². The van der Waals surface area contributed by atoms with Gasteiger partial charge in [0.2, 0.25) is 5.88 Å². The van der Waals surface area contributed by atoms with Gasteiger partial charge in [-0.15, -0.1) is 0 Å². The molecule has 0 aliphatic rings. The van der Waals surface area contributed by atoms with Gasteiger partial charge in [-0.3, -0.25) is 0 Å². The van der Waals surface area contributed by atoms with Gasteiger partial charge < -0.3 is 15.2 Å². The topological polar surface area (TPSA) is 71.5 Å². The first-order valence-corrected chi connectivity index (χ1v) is 6.23. The number of pyridine rings is 1. The number of hydrogen-bond acceptors (Lipinski definition) is 4. The number of nitrogens with zero attached hydrogens (tertiary/aromatic N) is 1. The van der Waals surface area contributed by atoms with Crippen LogP contribution in [0.4, 0.5) is 5.69 Å². The second kappa shape index (κ2) is 6.25. The van der Waals surface area contributed by atoms with Gasteiger partial charge in [-0.25, -0.2) is 9.78 Å². The van der Waals surface area contributed by atoms with Gasteiger partial charge in [-0.2, -0.15) is 0 Å². The first-order chi connectivity index (χ1) is 9.60. The molecule has 0 radical (unpaired) electrons. The molecule has 0 atom stereocenters. The molecule has 1 aromatic carbocycles. The van der Waals surface area contributed by atoms with Crippen LogP contribution in [0.25, 0.3) is 0 Å². The van der Waals surface area contributed by atoms with Crippen LogP contribution < -0.4 is 10.1 Å². The van der Waals surface area contributed by atoms with Crippen LogP contribution in [0.5, 0.6) is 5.88 Å². The van der Waals surface area contributed by atoms with E-state index < -0.39 is 5.97 Å². The third-order valence-electron chi connectivity index (χ3n) is 2.71. The number of methoxy groups -OCH3 is 1. The van der Waals surface area contributed by atoms with Gasteiger partial charge in [0.05, 0.1) is 23.4 Å². The second-order valence-corrected chi connectivity index (χ2v) is 4.47. The van der Waals surface area contributed by atoms with E-state index in [1.165, 1.54) is 12.1 Å². The summed E-state index contributed by atoms with van der Waals surface area (Å²) in [5.74, 6) is -0.464. The van der Waals surface area contributed by atoms with Crippen molar-refractivity contribution in [2.45, 2.75) is 6.54 Å². The van der Waals surface area contributed by atoms with Crippen molar-refractivity contribution in [1.82, 2.24) is 4.98 Å². The summed E-state index contributed by atoms with van der Waals surface area (Å²) in [5, 5.41) is 12.4. The Morgan fingerprint density at radius 1 is 1.40 bits per heavy atom. The molecule has 0 amide bonds. The van der Waals surface area contributed by atoms with Crippen molar-refractivity contribution in [2.75, 3.05) is 12.4 Å². The molecule has 1 heterocycles. The summed E-state index contributed by atoms with van der Waals surface area (Å²) in [6.45, 7) is 0.533. The van der Waals surface area contributed by atoms with Crippen LogP contribution in [0.3, 0.4) is 0 Å². The number of nitrogens with one attached hydrogen (secondary N) is 1. The maximum absolute atomic E-state index is 10.8. The lowest BCUT2D eigenvalue weighted by atomic mass is 10.2. The number of ether oxygens (including phenoxy) is 1. The highest BCUT2D eigenvalue weighted by Crippen LogP contribution is 2.24. The molecule has 0 saturated heterocycles. The highest BCUT2D eigenvalue weighted by Gasteiger charge is 2.07. The molecule has 0 aliphatic carbocycles. The van der Waals surface area contributed by atoms with E-state index in [-0.39, 0.29) is 5.56 Å². The summed E-state index contributed by atoms with van der Waals surface area (Å²) < 4.78 is 5.04. The molecular weight excluding hydrogens is 280 g/mol. The average Bonchev–Trinajstić information content (AvgIpc) is 2.46. The molecule has 6 heteroatoms. The molecule has 2 rings (SSSR count). The van der Waals surface area contributed by atoms with Crippen LogP contribution in [0.1, 0.15) is 15.9 Å². The number of carbonyl (C=O) groups is 1. The first kappa shape index (κ1) is 14.1.